The Morgan fingerprint density at radius 3 is 1.84 bits per heavy atom. The van der Waals surface area contributed by atoms with Gasteiger partial charge < -0.3 is 5.32 Å². The molecule has 3 N–H and O–H groups in total. The van der Waals surface area contributed by atoms with Crippen LogP contribution in [0, 0.1) is 0 Å². The van der Waals surface area contributed by atoms with Gasteiger partial charge in [0.1, 0.15) is 0 Å². The van der Waals surface area contributed by atoms with Gasteiger partial charge in [-0.2, -0.15) is 0 Å². The van der Waals surface area contributed by atoms with Crippen molar-refractivity contribution < 1.29 is 16.8 Å². The molecule has 1 heterocycles. The number of aromatic nitrogens is 1. The lowest BCUT2D eigenvalue weighted by atomic mass is 10.1. The molecule has 166 valence electrons. The summed E-state index contributed by atoms with van der Waals surface area (Å²) in [6.07, 6.45) is 0.980. The van der Waals surface area contributed by atoms with Gasteiger partial charge in [0, 0.05) is 28.7 Å². The molecule has 32 heavy (non-hydrogen) atoms. The van der Waals surface area contributed by atoms with Crippen LogP contribution in [0.1, 0.15) is 0 Å². The molecule has 0 aliphatic rings. The third-order valence-corrected chi connectivity index (χ3v) is 6.77. The van der Waals surface area contributed by atoms with Crippen molar-refractivity contribution in [3.05, 3.63) is 72.8 Å². The van der Waals surface area contributed by atoms with E-state index < -0.39 is 20.0 Å². The second kappa shape index (κ2) is 8.73. The van der Waals surface area contributed by atoms with Gasteiger partial charge >= 0.3 is 0 Å². The lowest BCUT2D eigenvalue weighted by Crippen LogP contribution is -2.30. The van der Waals surface area contributed by atoms with Crippen molar-refractivity contribution in [1.29, 1.82) is 0 Å². The third kappa shape index (κ3) is 5.34. The van der Waals surface area contributed by atoms with Crippen molar-refractivity contribution in [2.75, 3.05) is 28.6 Å². The van der Waals surface area contributed by atoms with Gasteiger partial charge in [0.2, 0.25) is 20.0 Å². The van der Waals surface area contributed by atoms with Crippen LogP contribution in [0.5, 0.6) is 0 Å². The number of benzene rings is 3. The molecule has 0 fully saturated rings. The van der Waals surface area contributed by atoms with Crippen LogP contribution >= 0.6 is 0 Å². The Bertz CT molecular complexity index is 1430. The first-order valence-electron chi connectivity index (χ1n) is 9.80. The lowest BCUT2D eigenvalue weighted by Gasteiger charge is -2.14. The van der Waals surface area contributed by atoms with E-state index >= 15 is 0 Å². The van der Waals surface area contributed by atoms with E-state index in [9.17, 15) is 16.8 Å². The molecule has 4 rings (SSSR count). The minimum Gasteiger partial charge on any atom is -0.354 e. The Kier molecular flexibility index (Phi) is 6.00. The van der Waals surface area contributed by atoms with E-state index in [0.29, 0.717) is 5.69 Å². The zero-order chi connectivity index (χ0) is 22.8. The second-order valence-electron chi connectivity index (χ2n) is 7.31. The molecular weight excluding hydrogens is 448 g/mol. The summed E-state index contributed by atoms with van der Waals surface area (Å²) in [5.41, 5.74) is 3.85. The van der Waals surface area contributed by atoms with E-state index in [2.05, 4.69) is 14.8 Å². The molecule has 10 heteroatoms. The summed E-state index contributed by atoms with van der Waals surface area (Å²) < 4.78 is 51.2. The standard InChI is InChI=1S/C22H22N4O4S2/c1-31(27,28)23-14-15-32(29,30)26-17-12-10-16(11-13-17)24-22-18-6-2-4-8-20(18)25-21-9-5-3-7-19(21)22/h2-13,23,26H,14-15H2,1H3,(H,24,25). The summed E-state index contributed by atoms with van der Waals surface area (Å²) in [4.78, 5) is 4.71. The van der Waals surface area contributed by atoms with Crippen LogP contribution in [0.25, 0.3) is 21.8 Å². The van der Waals surface area contributed by atoms with E-state index in [-0.39, 0.29) is 12.3 Å². The number of hydrogen-bond donors (Lipinski definition) is 3. The molecule has 1 aromatic heterocycles. The van der Waals surface area contributed by atoms with Gasteiger partial charge in [-0.3, -0.25) is 4.72 Å². The van der Waals surface area contributed by atoms with Crippen molar-refractivity contribution in [2.24, 2.45) is 0 Å². The van der Waals surface area contributed by atoms with Gasteiger partial charge in [-0.15, -0.1) is 0 Å². The lowest BCUT2D eigenvalue weighted by molar-refractivity contribution is 0.587. The number of pyridine rings is 1. The molecule has 0 aliphatic carbocycles. The molecule has 0 unspecified atom stereocenters. The number of para-hydroxylation sites is 2. The molecule has 0 bridgehead atoms. The van der Waals surface area contributed by atoms with Crippen LogP contribution in [0.2, 0.25) is 0 Å². The Morgan fingerprint density at radius 2 is 1.28 bits per heavy atom. The molecule has 8 nitrogen and oxygen atoms in total. The highest BCUT2D eigenvalue weighted by Crippen LogP contribution is 2.33. The van der Waals surface area contributed by atoms with E-state index in [0.717, 1.165) is 39.4 Å². The number of hydrogen-bond acceptors (Lipinski definition) is 6. The Hall–Kier alpha value is -3.21. The molecule has 0 atom stereocenters. The van der Waals surface area contributed by atoms with Gasteiger partial charge in [-0.1, -0.05) is 36.4 Å². The first-order chi connectivity index (χ1) is 15.2. The Labute approximate surface area is 186 Å². The van der Waals surface area contributed by atoms with Crippen LogP contribution in [-0.2, 0) is 20.0 Å². The monoisotopic (exact) mass is 470 g/mol. The van der Waals surface area contributed by atoms with Crippen LogP contribution in [0.3, 0.4) is 0 Å². The van der Waals surface area contributed by atoms with Crippen LogP contribution in [-0.4, -0.2) is 40.4 Å². The maximum Gasteiger partial charge on any atom is 0.234 e. The first-order valence-corrected chi connectivity index (χ1v) is 13.3. The summed E-state index contributed by atoms with van der Waals surface area (Å²) in [6, 6.07) is 22.6. The van der Waals surface area contributed by atoms with Gasteiger partial charge in [0.15, 0.2) is 0 Å². The largest absolute Gasteiger partial charge is 0.354 e. The van der Waals surface area contributed by atoms with Crippen LogP contribution in [0.4, 0.5) is 17.1 Å². The van der Waals surface area contributed by atoms with Gasteiger partial charge in [0.05, 0.1) is 28.7 Å². The molecule has 3 aromatic carbocycles. The molecule has 0 saturated carbocycles. The topological polar surface area (TPSA) is 117 Å². The minimum absolute atomic E-state index is 0.198. The van der Waals surface area contributed by atoms with E-state index in [1.807, 2.05) is 48.5 Å². The predicted molar refractivity (Wildman–Crippen MR) is 129 cm³/mol. The molecule has 0 amide bonds. The fourth-order valence-corrected chi connectivity index (χ4v) is 4.90. The zero-order valence-electron chi connectivity index (χ0n) is 17.2. The zero-order valence-corrected chi connectivity index (χ0v) is 18.9. The summed E-state index contributed by atoms with van der Waals surface area (Å²) in [6.45, 7) is -0.198. The molecule has 0 spiro atoms. The molecule has 0 radical (unpaired) electrons. The van der Waals surface area contributed by atoms with Crippen LogP contribution in [0.15, 0.2) is 72.8 Å². The predicted octanol–water partition coefficient (Wildman–Crippen LogP) is 3.42. The summed E-state index contributed by atoms with van der Waals surface area (Å²) in [5, 5.41) is 5.40. The third-order valence-electron chi connectivity index (χ3n) is 4.75. The second-order valence-corrected chi connectivity index (χ2v) is 11.0. The normalized spacial score (nSPS) is 12.2. The van der Waals surface area contributed by atoms with Crippen molar-refractivity contribution in [3.63, 3.8) is 0 Å². The quantitative estimate of drug-likeness (QED) is 0.340. The fourth-order valence-electron chi connectivity index (χ4n) is 3.33. The van der Waals surface area contributed by atoms with Gasteiger partial charge in [-0.05, 0) is 36.4 Å². The highest BCUT2D eigenvalue weighted by atomic mass is 32.2. The van der Waals surface area contributed by atoms with Crippen LogP contribution < -0.4 is 14.8 Å². The highest BCUT2D eigenvalue weighted by Gasteiger charge is 2.13. The minimum atomic E-state index is -3.69. The number of fused-ring (bicyclic) bond motifs is 2. The summed E-state index contributed by atoms with van der Waals surface area (Å²) >= 11 is 0. The van der Waals surface area contributed by atoms with Crippen molar-refractivity contribution in [2.45, 2.75) is 0 Å². The van der Waals surface area contributed by atoms with Gasteiger partial charge in [-0.25, -0.2) is 26.5 Å². The maximum absolute atomic E-state index is 12.2. The number of nitrogens with zero attached hydrogens (tertiary/aromatic N) is 1. The van der Waals surface area contributed by atoms with E-state index in [1.54, 1.807) is 24.3 Å². The number of rotatable bonds is 8. The van der Waals surface area contributed by atoms with Gasteiger partial charge in [0.25, 0.3) is 0 Å². The number of sulfonamides is 2. The fraction of sp³-hybridized carbons (Fsp3) is 0.136. The average Bonchev–Trinajstić information content (AvgIpc) is 2.73. The number of nitrogens with one attached hydrogen (secondary N) is 3. The Morgan fingerprint density at radius 1 is 0.750 bits per heavy atom. The maximum atomic E-state index is 12.2. The average molecular weight is 471 g/mol. The van der Waals surface area contributed by atoms with Crippen molar-refractivity contribution in [3.8, 4) is 0 Å². The molecular formula is C22H22N4O4S2. The molecule has 4 aromatic rings. The summed E-state index contributed by atoms with van der Waals surface area (Å²) in [5.74, 6) is -0.366. The Balaban J connectivity index is 1.55. The van der Waals surface area contributed by atoms with E-state index in [4.69, 9.17) is 4.98 Å². The molecule has 0 saturated heterocycles. The summed E-state index contributed by atoms with van der Waals surface area (Å²) in [7, 11) is -7.13. The smallest absolute Gasteiger partial charge is 0.234 e. The van der Waals surface area contributed by atoms with Crippen molar-refractivity contribution in [1.82, 2.24) is 9.71 Å². The SMILES string of the molecule is CS(=O)(=O)NCCS(=O)(=O)Nc1ccc(Nc2c3ccccc3nc3ccccc23)cc1. The number of anilines is 3. The highest BCUT2D eigenvalue weighted by molar-refractivity contribution is 7.92. The van der Waals surface area contributed by atoms with Crippen molar-refractivity contribution >= 4 is 58.9 Å². The van der Waals surface area contributed by atoms with E-state index in [1.165, 1.54) is 0 Å². The first kappa shape index (κ1) is 22.0. The molecule has 0 aliphatic heterocycles.